The number of nitrogens with zero attached hydrogens (tertiary/aromatic N) is 2. The van der Waals surface area contributed by atoms with Crippen LogP contribution in [0.4, 0.5) is 0 Å². The van der Waals surface area contributed by atoms with Gasteiger partial charge in [0.15, 0.2) is 0 Å². The van der Waals surface area contributed by atoms with Crippen LogP contribution in [0.2, 0.25) is 0 Å². The molecule has 0 saturated carbocycles. The molecular formula is C30H30N2. The Kier molecular flexibility index (Phi) is 5.61. The molecule has 5 aromatic rings. The van der Waals surface area contributed by atoms with Crippen molar-refractivity contribution in [3.8, 4) is 0 Å². The van der Waals surface area contributed by atoms with E-state index in [4.69, 9.17) is 0 Å². The highest BCUT2D eigenvalue weighted by molar-refractivity contribution is 6.11. The van der Waals surface area contributed by atoms with Crippen LogP contribution < -0.4 is 0 Å². The van der Waals surface area contributed by atoms with Crippen LogP contribution in [0.5, 0.6) is 0 Å². The molecule has 6 rings (SSSR count). The maximum Gasteiger partial charge on any atom is 0.0886 e. The van der Waals surface area contributed by atoms with E-state index in [2.05, 4.69) is 67.1 Å². The van der Waals surface area contributed by atoms with Gasteiger partial charge in [-0.1, -0.05) is 61.9 Å². The first kappa shape index (κ1) is 20.6. The fraction of sp³-hybridized carbons (Fsp3) is 0.267. The van der Waals surface area contributed by atoms with Crippen LogP contribution in [0.1, 0.15) is 42.0 Å². The summed E-state index contributed by atoms with van der Waals surface area (Å²) in [4.78, 5) is 8.24. The number of hydrogen-bond acceptors (Lipinski definition) is 2. The minimum Gasteiger partial charge on any atom is -0.253 e. The predicted molar refractivity (Wildman–Crippen MR) is 136 cm³/mol. The first-order valence-electron chi connectivity index (χ1n) is 11.7. The van der Waals surface area contributed by atoms with E-state index >= 15 is 0 Å². The molecule has 0 saturated heterocycles. The Balaban J connectivity index is 0.000000180. The van der Waals surface area contributed by atoms with Crippen molar-refractivity contribution >= 4 is 32.6 Å². The number of aromatic nitrogens is 2. The first-order valence-corrected chi connectivity index (χ1v) is 11.7. The Morgan fingerprint density at radius 1 is 0.781 bits per heavy atom. The van der Waals surface area contributed by atoms with Crippen molar-refractivity contribution in [2.24, 2.45) is 5.92 Å². The number of aryl methyl sites for hydroxylation is 3. The summed E-state index contributed by atoms with van der Waals surface area (Å²) in [5.74, 6) is 0.883. The molecule has 0 N–H and O–H groups in total. The molecule has 32 heavy (non-hydrogen) atoms. The summed E-state index contributed by atoms with van der Waals surface area (Å²) in [5.41, 5.74) is 7.92. The Hall–Kier alpha value is -3.26. The van der Waals surface area contributed by atoms with Gasteiger partial charge in [0.2, 0.25) is 0 Å². The van der Waals surface area contributed by atoms with E-state index in [1.165, 1.54) is 58.4 Å². The van der Waals surface area contributed by atoms with Crippen LogP contribution in [0.3, 0.4) is 0 Å². The molecule has 2 nitrogen and oxygen atoms in total. The molecule has 0 radical (unpaired) electrons. The van der Waals surface area contributed by atoms with Gasteiger partial charge in [0.25, 0.3) is 0 Å². The van der Waals surface area contributed by atoms with Crippen molar-refractivity contribution in [1.29, 1.82) is 0 Å². The molecule has 1 unspecified atom stereocenters. The summed E-state index contributed by atoms with van der Waals surface area (Å²) in [5, 5.41) is 5.81. The number of fused-ring (bicyclic) bond motifs is 6. The van der Waals surface area contributed by atoms with Gasteiger partial charge in [0, 0.05) is 12.4 Å². The number of rotatable bonds is 1. The van der Waals surface area contributed by atoms with Gasteiger partial charge in [0.05, 0.1) is 11.0 Å². The maximum atomic E-state index is 4.12. The first-order chi connectivity index (χ1) is 15.7. The van der Waals surface area contributed by atoms with Gasteiger partial charge in [-0.2, -0.15) is 0 Å². The fourth-order valence-electron chi connectivity index (χ4n) is 5.32. The van der Waals surface area contributed by atoms with Gasteiger partial charge < -0.3 is 0 Å². The second-order valence-corrected chi connectivity index (χ2v) is 9.05. The molecule has 1 aliphatic carbocycles. The third-order valence-electron chi connectivity index (χ3n) is 7.04. The standard InChI is InChI=1S/C22H24.C8H6N2/c1-4-16-8-10-18-17(13-16)9-11-19-20-7-5-6-14(2)22(20)15(3)12-21(18)19;1-2-4-8-7(3-1)9-5-6-10-8/h5-7,9,11-12,16H,4,8,10,13H2,1-3H3;1-6H. The Bertz CT molecular complexity index is 1350. The minimum atomic E-state index is 0.883. The summed E-state index contributed by atoms with van der Waals surface area (Å²) < 4.78 is 0. The maximum absolute atomic E-state index is 4.12. The highest BCUT2D eigenvalue weighted by Gasteiger charge is 2.20. The van der Waals surface area contributed by atoms with E-state index in [1.807, 2.05) is 24.3 Å². The Morgan fingerprint density at radius 3 is 2.25 bits per heavy atom. The van der Waals surface area contributed by atoms with Gasteiger partial charge in [-0.15, -0.1) is 0 Å². The molecule has 0 bridgehead atoms. The topological polar surface area (TPSA) is 25.8 Å². The fourth-order valence-corrected chi connectivity index (χ4v) is 5.32. The van der Waals surface area contributed by atoms with E-state index < -0.39 is 0 Å². The second-order valence-electron chi connectivity index (χ2n) is 9.05. The van der Waals surface area contributed by atoms with Crippen molar-refractivity contribution in [2.45, 2.75) is 46.5 Å². The van der Waals surface area contributed by atoms with E-state index in [-0.39, 0.29) is 0 Å². The molecule has 1 atom stereocenters. The van der Waals surface area contributed by atoms with Crippen molar-refractivity contribution in [3.05, 3.63) is 95.3 Å². The Labute approximate surface area is 190 Å². The van der Waals surface area contributed by atoms with Crippen molar-refractivity contribution in [3.63, 3.8) is 0 Å². The van der Waals surface area contributed by atoms with Crippen LogP contribution in [0.25, 0.3) is 32.6 Å². The second kappa shape index (κ2) is 8.70. The quantitative estimate of drug-likeness (QED) is 0.260. The normalized spacial score (nSPS) is 15.4. The zero-order valence-corrected chi connectivity index (χ0v) is 19.2. The average molecular weight is 419 g/mol. The van der Waals surface area contributed by atoms with E-state index in [9.17, 15) is 0 Å². The summed E-state index contributed by atoms with van der Waals surface area (Å²) in [6.45, 7) is 6.83. The number of para-hydroxylation sites is 2. The summed E-state index contributed by atoms with van der Waals surface area (Å²) in [6, 6.07) is 21.7. The predicted octanol–water partition coefficient (Wildman–Crippen LogP) is 7.75. The minimum absolute atomic E-state index is 0.883. The number of benzene rings is 4. The molecule has 0 aliphatic heterocycles. The zero-order chi connectivity index (χ0) is 22.1. The van der Waals surface area contributed by atoms with Crippen LogP contribution >= 0.6 is 0 Å². The molecule has 0 spiro atoms. The lowest BCUT2D eigenvalue weighted by Crippen LogP contribution is -2.13. The molecule has 1 heterocycles. The number of hydrogen-bond donors (Lipinski definition) is 0. The van der Waals surface area contributed by atoms with Crippen molar-refractivity contribution < 1.29 is 0 Å². The lowest BCUT2D eigenvalue weighted by Gasteiger charge is -2.25. The zero-order valence-electron chi connectivity index (χ0n) is 19.2. The summed E-state index contributed by atoms with van der Waals surface area (Å²) in [7, 11) is 0. The largest absolute Gasteiger partial charge is 0.253 e. The van der Waals surface area contributed by atoms with Gasteiger partial charge in [-0.25, -0.2) is 0 Å². The SMILES string of the molecule is CCC1CCc2c(ccc3c2cc(C)c2c(C)cccc23)C1.c1ccc2nccnc2c1. The third kappa shape index (κ3) is 3.75. The molecule has 1 aromatic heterocycles. The monoisotopic (exact) mass is 418 g/mol. The van der Waals surface area contributed by atoms with Crippen LogP contribution in [0.15, 0.2) is 73.1 Å². The highest BCUT2D eigenvalue weighted by atomic mass is 14.8. The van der Waals surface area contributed by atoms with Gasteiger partial charge in [-0.05, 0) is 95.0 Å². The molecule has 2 heteroatoms. The van der Waals surface area contributed by atoms with Crippen LogP contribution in [-0.4, -0.2) is 9.97 Å². The smallest absolute Gasteiger partial charge is 0.0886 e. The molecule has 1 aliphatic rings. The third-order valence-corrected chi connectivity index (χ3v) is 7.04. The van der Waals surface area contributed by atoms with Gasteiger partial charge in [0.1, 0.15) is 0 Å². The highest BCUT2D eigenvalue weighted by Crippen LogP contribution is 2.37. The Morgan fingerprint density at radius 2 is 1.53 bits per heavy atom. The molecule has 4 aromatic carbocycles. The van der Waals surface area contributed by atoms with Crippen molar-refractivity contribution in [1.82, 2.24) is 9.97 Å². The summed E-state index contributed by atoms with van der Waals surface area (Å²) >= 11 is 0. The van der Waals surface area contributed by atoms with Crippen molar-refractivity contribution in [2.75, 3.05) is 0 Å². The van der Waals surface area contributed by atoms with E-state index in [1.54, 1.807) is 23.5 Å². The van der Waals surface area contributed by atoms with Crippen LogP contribution in [0, 0.1) is 19.8 Å². The van der Waals surface area contributed by atoms with Crippen LogP contribution in [-0.2, 0) is 12.8 Å². The van der Waals surface area contributed by atoms with E-state index in [0.717, 1.165) is 17.0 Å². The average Bonchev–Trinajstić information content (AvgIpc) is 2.84. The molecule has 0 fully saturated rings. The van der Waals surface area contributed by atoms with E-state index in [0.29, 0.717) is 0 Å². The van der Waals surface area contributed by atoms with Gasteiger partial charge in [-0.3, -0.25) is 9.97 Å². The van der Waals surface area contributed by atoms with Gasteiger partial charge >= 0.3 is 0 Å². The lowest BCUT2D eigenvalue weighted by atomic mass is 9.79. The molecule has 160 valence electrons. The molecular weight excluding hydrogens is 388 g/mol. The summed E-state index contributed by atoms with van der Waals surface area (Å²) in [6.07, 6.45) is 8.58. The lowest BCUT2D eigenvalue weighted by molar-refractivity contribution is 0.446. The molecule has 0 amide bonds.